The molecule has 1 saturated heterocycles. The van der Waals surface area contributed by atoms with E-state index in [9.17, 15) is 18.0 Å². The van der Waals surface area contributed by atoms with E-state index in [2.05, 4.69) is 10.3 Å². The van der Waals surface area contributed by atoms with Crippen LogP contribution in [-0.4, -0.2) is 49.9 Å². The molecule has 1 amide bonds. The Bertz CT molecular complexity index is 1260. The van der Waals surface area contributed by atoms with Crippen molar-refractivity contribution >= 4 is 32.5 Å². The van der Waals surface area contributed by atoms with E-state index in [1.165, 1.54) is 34.6 Å². The van der Waals surface area contributed by atoms with Crippen LogP contribution in [0.2, 0.25) is 0 Å². The van der Waals surface area contributed by atoms with Gasteiger partial charge in [-0.1, -0.05) is 0 Å². The molecule has 156 valence electrons. The largest absolute Gasteiger partial charge is 0.379 e. The van der Waals surface area contributed by atoms with Gasteiger partial charge in [0.15, 0.2) is 5.43 Å². The lowest BCUT2D eigenvalue weighted by Crippen LogP contribution is -2.40. The summed E-state index contributed by atoms with van der Waals surface area (Å²) in [6, 6.07) is 12.3. The molecule has 4 rings (SSSR count). The summed E-state index contributed by atoms with van der Waals surface area (Å²) in [7, 11) is -3.61. The zero-order chi connectivity index (χ0) is 21.3. The molecule has 2 N–H and O–H groups in total. The highest BCUT2D eigenvalue weighted by Crippen LogP contribution is 2.19. The average Bonchev–Trinajstić information content (AvgIpc) is 2.75. The van der Waals surface area contributed by atoms with E-state index >= 15 is 0 Å². The van der Waals surface area contributed by atoms with E-state index in [0.29, 0.717) is 48.5 Å². The topological polar surface area (TPSA) is 109 Å². The Balaban J connectivity index is 1.53. The molecule has 3 aromatic rings. The van der Waals surface area contributed by atoms with Gasteiger partial charge >= 0.3 is 0 Å². The van der Waals surface area contributed by atoms with Crippen LogP contribution in [-0.2, 0) is 14.8 Å². The molecule has 0 aliphatic carbocycles. The van der Waals surface area contributed by atoms with E-state index in [4.69, 9.17) is 4.74 Å². The Morgan fingerprint density at radius 1 is 1.07 bits per heavy atom. The number of aromatic nitrogens is 1. The Labute approximate surface area is 173 Å². The van der Waals surface area contributed by atoms with Crippen molar-refractivity contribution < 1.29 is 17.9 Å². The van der Waals surface area contributed by atoms with Crippen molar-refractivity contribution in [3.05, 3.63) is 70.0 Å². The Morgan fingerprint density at radius 2 is 1.77 bits per heavy atom. The van der Waals surface area contributed by atoms with Crippen LogP contribution in [0.1, 0.15) is 16.1 Å². The first kappa shape index (κ1) is 20.3. The lowest BCUT2D eigenvalue weighted by Gasteiger charge is -2.26. The van der Waals surface area contributed by atoms with Gasteiger partial charge in [-0.25, -0.2) is 8.42 Å². The standard InChI is InChI=1S/C21H21N3O5S/c1-14-12-20(25)18-13-16(4-7-19(18)22-14)23-21(26)15-2-5-17(6-3-15)30(27,28)24-8-10-29-11-9-24/h2-7,12-13H,8-11H2,1H3,(H,22,25)(H,23,26). The monoisotopic (exact) mass is 427 g/mol. The minimum absolute atomic E-state index is 0.130. The number of rotatable bonds is 4. The summed E-state index contributed by atoms with van der Waals surface area (Å²) in [5.74, 6) is -0.395. The highest BCUT2D eigenvalue weighted by Gasteiger charge is 2.26. The van der Waals surface area contributed by atoms with Crippen molar-refractivity contribution in [3.8, 4) is 0 Å². The number of aromatic amines is 1. The predicted octanol–water partition coefficient (Wildman–Crippen LogP) is 2.11. The van der Waals surface area contributed by atoms with Gasteiger partial charge < -0.3 is 15.0 Å². The zero-order valence-corrected chi connectivity index (χ0v) is 17.2. The second kappa shape index (κ2) is 8.02. The van der Waals surface area contributed by atoms with Crippen molar-refractivity contribution in [3.63, 3.8) is 0 Å². The number of nitrogens with one attached hydrogen (secondary N) is 2. The van der Waals surface area contributed by atoms with Gasteiger partial charge in [0.05, 0.1) is 18.1 Å². The van der Waals surface area contributed by atoms with Crippen LogP contribution >= 0.6 is 0 Å². The van der Waals surface area contributed by atoms with Crippen LogP contribution in [0.5, 0.6) is 0 Å². The highest BCUT2D eigenvalue weighted by atomic mass is 32.2. The molecule has 2 aromatic carbocycles. The minimum Gasteiger partial charge on any atom is -0.379 e. The number of carbonyl (C=O) groups excluding carboxylic acids is 1. The van der Waals surface area contributed by atoms with E-state index in [1.807, 2.05) is 0 Å². The normalized spacial score (nSPS) is 15.2. The van der Waals surface area contributed by atoms with E-state index < -0.39 is 15.9 Å². The molecule has 1 aromatic heterocycles. The number of H-pyrrole nitrogens is 1. The first-order valence-electron chi connectivity index (χ1n) is 9.47. The Hall–Kier alpha value is -3.01. The van der Waals surface area contributed by atoms with E-state index in [-0.39, 0.29) is 10.3 Å². The summed E-state index contributed by atoms with van der Waals surface area (Å²) in [4.78, 5) is 28.0. The number of ether oxygens (including phenoxy) is 1. The highest BCUT2D eigenvalue weighted by molar-refractivity contribution is 7.89. The summed E-state index contributed by atoms with van der Waals surface area (Å²) >= 11 is 0. The third-order valence-electron chi connectivity index (χ3n) is 4.95. The lowest BCUT2D eigenvalue weighted by molar-refractivity contribution is 0.0730. The number of carbonyl (C=O) groups is 1. The number of amides is 1. The number of hydrogen-bond acceptors (Lipinski definition) is 5. The number of fused-ring (bicyclic) bond motifs is 1. The van der Waals surface area contributed by atoms with Gasteiger partial charge in [-0.15, -0.1) is 0 Å². The van der Waals surface area contributed by atoms with Crippen LogP contribution in [0, 0.1) is 6.92 Å². The molecule has 0 saturated carbocycles. The lowest BCUT2D eigenvalue weighted by atomic mass is 10.1. The van der Waals surface area contributed by atoms with Gasteiger partial charge in [0.25, 0.3) is 5.91 Å². The number of aryl methyl sites for hydroxylation is 1. The zero-order valence-electron chi connectivity index (χ0n) is 16.3. The second-order valence-electron chi connectivity index (χ2n) is 7.07. The fourth-order valence-corrected chi connectivity index (χ4v) is 4.78. The Kier molecular flexibility index (Phi) is 5.42. The predicted molar refractivity (Wildman–Crippen MR) is 113 cm³/mol. The van der Waals surface area contributed by atoms with Crippen molar-refractivity contribution in [1.82, 2.24) is 9.29 Å². The molecule has 9 heteroatoms. The van der Waals surface area contributed by atoms with Crippen LogP contribution in [0.25, 0.3) is 10.9 Å². The quantitative estimate of drug-likeness (QED) is 0.663. The molecular weight excluding hydrogens is 406 g/mol. The van der Waals surface area contributed by atoms with Crippen LogP contribution in [0.15, 0.2) is 58.2 Å². The number of morpholine rings is 1. The number of benzene rings is 2. The number of hydrogen-bond donors (Lipinski definition) is 2. The van der Waals surface area contributed by atoms with Gasteiger partial charge in [0.1, 0.15) is 0 Å². The molecule has 30 heavy (non-hydrogen) atoms. The van der Waals surface area contributed by atoms with Crippen LogP contribution in [0.4, 0.5) is 5.69 Å². The molecule has 0 spiro atoms. The van der Waals surface area contributed by atoms with Gasteiger partial charge in [-0.2, -0.15) is 4.31 Å². The number of anilines is 1. The van der Waals surface area contributed by atoms with E-state index in [1.54, 1.807) is 25.1 Å². The molecule has 0 bridgehead atoms. The molecular formula is C21H21N3O5S. The molecule has 0 unspecified atom stereocenters. The van der Waals surface area contributed by atoms with Gasteiger partial charge in [0, 0.05) is 47.0 Å². The summed E-state index contributed by atoms with van der Waals surface area (Å²) in [6.07, 6.45) is 0. The number of nitrogens with zero attached hydrogens (tertiary/aromatic N) is 1. The fourth-order valence-electron chi connectivity index (χ4n) is 3.38. The summed E-state index contributed by atoms with van der Waals surface area (Å²) in [5.41, 5.74) is 2.11. The smallest absolute Gasteiger partial charge is 0.255 e. The maximum atomic E-state index is 12.7. The van der Waals surface area contributed by atoms with Crippen molar-refractivity contribution in [2.45, 2.75) is 11.8 Å². The SMILES string of the molecule is Cc1cc(=O)c2cc(NC(=O)c3ccc(S(=O)(=O)N4CCOCC4)cc3)ccc2[nH]1. The third kappa shape index (κ3) is 4.00. The minimum atomic E-state index is -3.61. The molecule has 0 radical (unpaired) electrons. The van der Waals surface area contributed by atoms with Crippen molar-refractivity contribution in [1.29, 1.82) is 0 Å². The molecule has 1 aliphatic heterocycles. The first-order chi connectivity index (χ1) is 14.3. The molecule has 2 heterocycles. The Morgan fingerprint density at radius 3 is 2.47 bits per heavy atom. The molecule has 1 fully saturated rings. The number of pyridine rings is 1. The van der Waals surface area contributed by atoms with Crippen molar-refractivity contribution in [2.24, 2.45) is 0 Å². The second-order valence-corrected chi connectivity index (χ2v) is 9.01. The maximum Gasteiger partial charge on any atom is 0.255 e. The molecule has 8 nitrogen and oxygen atoms in total. The first-order valence-corrected chi connectivity index (χ1v) is 10.9. The fraction of sp³-hybridized carbons (Fsp3) is 0.238. The molecule has 0 atom stereocenters. The van der Waals surface area contributed by atoms with Gasteiger partial charge in [-0.3, -0.25) is 9.59 Å². The van der Waals surface area contributed by atoms with Crippen LogP contribution in [0.3, 0.4) is 0 Å². The van der Waals surface area contributed by atoms with Gasteiger partial charge in [-0.05, 0) is 49.4 Å². The molecule has 1 aliphatic rings. The van der Waals surface area contributed by atoms with Gasteiger partial charge in [0.2, 0.25) is 10.0 Å². The van der Waals surface area contributed by atoms with Crippen LogP contribution < -0.4 is 10.7 Å². The van der Waals surface area contributed by atoms with E-state index in [0.717, 1.165) is 5.69 Å². The average molecular weight is 427 g/mol. The third-order valence-corrected chi connectivity index (χ3v) is 6.86. The summed E-state index contributed by atoms with van der Waals surface area (Å²) in [5, 5.41) is 3.22. The number of sulfonamides is 1. The maximum absolute atomic E-state index is 12.7. The summed E-state index contributed by atoms with van der Waals surface area (Å²) < 4.78 is 31.9. The summed E-state index contributed by atoms with van der Waals surface area (Å²) in [6.45, 7) is 3.16. The van der Waals surface area contributed by atoms with Crippen molar-refractivity contribution in [2.75, 3.05) is 31.6 Å².